The number of piperazine rings is 1. The molecular weight excluding hydrogens is 322 g/mol. The summed E-state index contributed by atoms with van der Waals surface area (Å²) in [6.07, 6.45) is 0.283. The van der Waals surface area contributed by atoms with Crippen LogP contribution >= 0.6 is 0 Å². The Labute approximate surface area is 148 Å². The molecule has 1 aromatic rings. The van der Waals surface area contributed by atoms with E-state index in [2.05, 4.69) is 9.80 Å². The SMILES string of the molecule is COCCN1C(=O)C[C@@H](N2CCN(c3ccc(OC)cc3)CC2)C1=O. The lowest BCUT2D eigenvalue weighted by atomic mass is 10.1. The molecule has 0 aliphatic carbocycles. The lowest BCUT2D eigenvalue weighted by molar-refractivity contribution is -0.140. The third-order valence-corrected chi connectivity index (χ3v) is 4.93. The van der Waals surface area contributed by atoms with Crippen LogP contribution in [0.25, 0.3) is 0 Å². The molecule has 7 heteroatoms. The topological polar surface area (TPSA) is 62.3 Å². The van der Waals surface area contributed by atoms with Crippen LogP contribution in [0.15, 0.2) is 24.3 Å². The second-order valence-electron chi connectivity index (χ2n) is 6.32. The van der Waals surface area contributed by atoms with Crippen molar-refractivity contribution in [3.63, 3.8) is 0 Å². The lowest BCUT2D eigenvalue weighted by Crippen LogP contribution is -2.52. The fraction of sp³-hybridized carbons (Fsp3) is 0.556. The van der Waals surface area contributed by atoms with Crippen LogP contribution < -0.4 is 9.64 Å². The first-order valence-electron chi connectivity index (χ1n) is 8.60. The molecule has 2 heterocycles. The Kier molecular flexibility index (Phi) is 5.55. The number of carbonyl (C=O) groups is 2. The zero-order chi connectivity index (χ0) is 17.8. The van der Waals surface area contributed by atoms with E-state index in [4.69, 9.17) is 9.47 Å². The number of imide groups is 1. The number of likely N-dealkylation sites (tertiary alicyclic amines) is 1. The fourth-order valence-electron chi connectivity index (χ4n) is 3.45. The van der Waals surface area contributed by atoms with E-state index in [1.807, 2.05) is 24.3 Å². The molecule has 3 rings (SSSR count). The standard InChI is InChI=1S/C18H25N3O4/c1-24-12-11-21-17(22)13-16(18(21)23)20-9-7-19(8-10-20)14-3-5-15(25-2)6-4-14/h3-6,16H,7-13H2,1-2H3/t16-/m1/s1. The van der Waals surface area contributed by atoms with E-state index in [1.165, 1.54) is 4.90 Å². The second-order valence-corrected chi connectivity index (χ2v) is 6.32. The molecule has 0 N–H and O–H groups in total. The zero-order valence-corrected chi connectivity index (χ0v) is 14.8. The Bertz CT molecular complexity index is 611. The monoisotopic (exact) mass is 347 g/mol. The van der Waals surface area contributed by atoms with Gasteiger partial charge in [-0.2, -0.15) is 0 Å². The second kappa shape index (κ2) is 7.84. The van der Waals surface area contributed by atoms with Crippen LogP contribution in [0.3, 0.4) is 0 Å². The number of anilines is 1. The summed E-state index contributed by atoms with van der Waals surface area (Å²) in [5.74, 6) is 0.665. The van der Waals surface area contributed by atoms with Gasteiger partial charge in [-0.15, -0.1) is 0 Å². The maximum absolute atomic E-state index is 12.5. The van der Waals surface area contributed by atoms with Crippen LogP contribution in [0.4, 0.5) is 5.69 Å². The quantitative estimate of drug-likeness (QED) is 0.702. The van der Waals surface area contributed by atoms with E-state index < -0.39 is 0 Å². The summed E-state index contributed by atoms with van der Waals surface area (Å²) in [5, 5.41) is 0. The molecule has 7 nitrogen and oxygen atoms in total. The number of hydrogen-bond acceptors (Lipinski definition) is 6. The van der Waals surface area contributed by atoms with E-state index in [0.717, 1.165) is 37.6 Å². The molecule has 0 aromatic heterocycles. The van der Waals surface area contributed by atoms with Crippen LogP contribution in [0.5, 0.6) is 5.75 Å². The molecule has 0 radical (unpaired) electrons. The summed E-state index contributed by atoms with van der Waals surface area (Å²) in [5.41, 5.74) is 1.15. The summed E-state index contributed by atoms with van der Waals surface area (Å²) < 4.78 is 10.2. The van der Waals surface area contributed by atoms with E-state index >= 15 is 0 Å². The molecule has 2 fully saturated rings. The largest absolute Gasteiger partial charge is 0.497 e. The highest BCUT2D eigenvalue weighted by atomic mass is 16.5. The number of nitrogens with zero attached hydrogens (tertiary/aromatic N) is 3. The molecule has 0 spiro atoms. The van der Waals surface area contributed by atoms with Gasteiger partial charge >= 0.3 is 0 Å². The number of ether oxygens (including phenoxy) is 2. The van der Waals surface area contributed by atoms with Gasteiger partial charge in [-0.1, -0.05) is 0 Å². The van der Waals surface area contributed by atoms with Gasteiger partial charge in [-0.05, 0) is 24.3 Å². The molecule has 1 aromatic carbocycles. The Morgan fingerprint density at radius 1 is 1.04 bits per heavy atom. The van der Waals surface area contributed by atoms with Gasteiger partial charge in [0.05, 0.1) is 32.7 Å². The first-order valence-corrected chi connectivity index (χ1v) is 8.60. The van der Waals surface area contributed by atoms with Crippen molar-refractivity contribution in [3.05, 3.63) is 24.3 Å². The number of carbonyl (C=O) groups excluding carboxylic acids is 2. The van der Waals surface area contributed by atoms with Gasteiger partial charge in [-0.3, -0.25) is 19.4 Å². The van der Waals surface area contributed by atoms with Gasteiger partial charge in [0.2, 0.25) is 11.8 Å². The van der Waals surface area contributed by atoms with Crippen molar-refractivity contribution >= 4 is 17.5 Å². The van der Waals surface area contributed by atoms with Crippen molar-refractivity contribution in [2.75, 3.05) is 58.5 Å². The van der Waals surface area contributed by atoms with Gasteiger partial charge < -0.3 is 14.4 Å². The highest BCUT2D eigenvalue weighted by molar-refractivity contribution is 6.05. The van der Waals surface area contributed by atoms with Crippen LogP contribution in [-0.2, 0) is 14.3 Å². The van der Waals surface area contributed by atoms with Gasteiger partial charge in [0.25, 0.3) is 0 Å². The summed E-state index contributed by atoms with van der Waals surface area (Å²) >= 11 is 0. The summed E-state index contributed by atoms with van der Waals surface area (Å²) in [6, 6.07) is 7.68. The molecule has 2 saturated heterocycles. The fourth-order valence-corrected chi connectivity index (χ4v) is 3.45. The molecule has 0 unspecified atom stereocenters. The van der Waals surface area contributed by atoms with E-state index in [1.54, 1.807) is 14.2 Å². The highest BCUT2D eigenvalue weighted by Gasteiger charge is 2.42. The van der Waals surface area contributed by atoms with Crippen LogP contribution in [0, 0.1) is 0 Å². The predicted molar refractivity (Wildman–Crippen MR) is 93.8 cm³/mol. The average molecular weight is 347 g/mol. The number of amides is 2. The van der Waals surface area contributed by atoms with Crippen molar-refractivity contribution in [3.8, 4) is 5.75 Å². The lowest BCUT2D eigenvalue weighted by Gasteiger charge is -2.38. The van der Waals surface area contributed by atoms with E-state index in [-0.39, 0.29) is 24.3 Å². The molecule has 25 heavy (non-hydrogen) atoms. The van der Waals surface area contributed by atoms with E-state index in [0.29, 0.717) is 13.2 Å². The molecular formula is C18H25N3O4. The molecule has 0 saturated carbocycles. The minimum absolute atomic E-state index is 0.0834. The van der Waals surface area contributed by atoms with Crippen LogP contribution in [0.1, 0.15) is 6.42 Å². The average Bonchev–Trinajstić information content (AvgIpc) is 2.94. The molecule has 1 atom stereocenters. The molecule has 2 aliphatic heterocycles. The molecule has 136 valence electrons. The zero-order valence-electron chi connectivity index (χ0n) is 14.8. The molecule has 0 bridgehead atoms. The molecule has 2 amide bonds. The van der Waals surface area contributed by atoms with Crippen molar-refractivity contribution < 1.29 is 19.1 Å². The van der Waals surface area contributed by atoms with Crippen molar-refractivity contribution in [1.29, 1.82) is 0 Å². The molecule has 2 aliphatic rings. The smallest absolute Gasteiger partial charge is 0.247 e. The summed E-state index contributed by atoms with van der Waals surface area (Å²) in [6.45, 7) is 3.94. The first kappa shape index (κ1) is 17.7. The normalized spacial score (nSPS) is 21.9. The van der Waals surface area contributed by atoms with Gasteiger partial charge in [0.1, 0.15) is 5.75 Å². The number of hydrogen-bond donors (Lipinski definition) is 0. The van der Waals surface area contributed by atoms with Crippen LogP contribution in [0.2, 0.25) is 0 Å². The van der Waals surface area contributed by atoms with Gasteiger partial charge in [-0.25, -0.2) is 0 Å². The summed E-state index contributed by atoms with van der Waals surface area (Å²) in [7, 11) is 3.23. The number of methoxy groups -OCH3 is 2. The number of rotatable bonds is 6. The minimum atomic E-state index is -0.317. The van der Waals surface area contributed by atoms with Crippen molar-refractivity contribution in [1.82, 2.24) is 9.80 Å². The highest BCUT2D eigenvalue weighted by Crippen LogP contribution is 2.24. The van der Waals surface area contributed by atoms with Crippen molar-refractivity contribution in [2.45, 2.75) is 12.5 Å². The third kappa shape index (κ3) is 3.77. The van der Waals surface area contributed by atoms with E-state index in [9.17, 15) is 9.59 Å². The number of benzene rings is 1. The van der Waals surface area contributed by atoms with Gasteiger partial charge in [0, 0.05) is 39.0 Å². The minimum Gasteiger partial charge on any atom is -0.497 e. The maximum Gasteiger partial charge on any atom is 0.247 e. The Balaban J connectivity index is 1.56. The Morgan fingerprint density at radius 2 is 1.72 bits per heavy atom. The summed E-state index contributed by atoms with van der Waals surface area (Å²) in [4.78, 5) is 30.4. The van der Waals surface area contributed by atoms with Gasteiger partial charge in [0.15, 0.2) is 0 Å². The van der Waals surface area contributed by atoms with Crippen LogP contribution in [-0.4, -0.2) is 81.2 Å². The third-order valence-electron chi connectivity index (χ3n) is 4.93. The maximum atomic E-state index is 12.5. The Morgan fingerprint density at radius 3 is 2.32 bits per heavy atom. The first-order chi connectivity index (χ1) is 12.1. The predicted octanol–water partition coefficient (Wildman–Crippen LogP) is 0.591. The van der Waals surface area contributed by atoms with Crippen molar-refractivity contribution in [2.24, 2.45) is 0 Å². The Hall–Kier alpha value is -2.12.